The number of aliphatic hydroxyl groups is 1. The number of hydrogen-bond acceptors (Lipinski definition) is 3. The second-order valence-electron chi connectivity index (χ2n) is 5.42. The number of carbonyl (C=O) groups is 1. The van der Waals surface area contributed by atoms with Crippen LogP contribution in [0.3, 0.4) is 0 Å². The second-order valence-corrected chi connectivity index (χ2v) is 5.42. The van der Waals surface area contributed by atoms with E-state index in [1.807, 2.05) is 37.3 Å². The predicted octanol–water partition coefficient (Wildman–Crippen LogP) is 2.95. The molecule has 1 atom stereocenters. The van der Waals surface area contributed by atoms with Gasteiger partial charge < -0.3 is 14.7 Å². The van der Waals surface area contributed by atoms with Crippen LogP contribution in [-0.4, -0.2) is 34.8 Å². The number of rotatable bonds is 5. The van der Waals surface area contributed by atoms with Crippen molar-refractivity contribution >= 4 is 6.09 Å². The van der Waals surface area contributed by atoms with E-state index < -0.39 is 0 Å². The van der Waals surface area contributed by atoms with Gasteiger partial charge >= 0.3 is 6.09 Å². The molecule has 1 saturated carbocycles. The largest absolute Gasteiger partial charge is 0.445 e. The fraction of sp³-hybridized carbons (Fsp3) is 0.562. The third-order valence-corrected chi connectivity index (χ3v) is 3.87. The molecule has 4 nitrogen and oxygen atoms in total. The lowest BCUT2D eigenvalue weighted by molar-refractivity contribution is 0.0496. The summed E-state index contributed by atoms with van der Waals surface area (Å²) in [6, 6.07) is 9.67. The molecule has 20 heavy (non-hydrogen) atoms. The molecule has 1 N–H and O–H groups in total. The van der Waals surface area contributed by atoms with E-state index in [0.29, 0.717) is 0 Å². The fourth-order valence-corrected chi connectivity index (χ4v) is 2.75. The van der Waals surface area contributed by atoms with Gasteiger partial charge in [0.05, 0.1) is 12.6 Å². The highest BCUT2D eigenvalue weighted by Gasteiger charge is 2.31. The maximum atomic E-state index is 12.3. The van der Waals surface area contributed by atoms with Crippen LogP contribution in [0.15, 0.2) is 30.3 Å². The molecule has 1 fully saturated rings. The van der Waals surface area contributed by atoms with E-state index >= 15 is 0 Å². The Morgan fingerprint density at radius 3 is 2.60 bits per heavy atom. The fourth-order valence-electron chi connectivity index (χ4n) is 2.75. The molecule has 110 valence electrons. The molecular weight excluding hydrogens is 254 g/mol. The van der Waals surface area contributed by atoms with Crippen molar-refractivity contribution in [2.75, 3.05) is 6.61 Å². The molecular formula is C16H23NO3. The van der Waals surface area contributed by atoms with Crippen LogP contribution in [0.2, 0.25) is 0 Å². The van der Waals surface area contributed by atoms with Crippen LogP contribution in [0.5, 0.6) is 0 Å². The number of carbonyl (C=O) groups excluding carboxylic acids is 1. The van der Waals surface area contributed by atoms with Crippen LogP contribution < -0.4 is 0 Å². The number of amides is 1. The Hall–Kier alpha value is -1.55. The van der Waals surface area contributed by atoms with Crippen molar-refractivity contribution in [3.05, 3.63) is 35.9 Å². The minimum Gasteiger partial charge on any atom is -0.445 e. The van der Waals surface area contributed by atoms with Gasteiger partial charge in [-0.15, -0.1) is 0 Å². The van der Waals surface area contributed by atoms with Crippen molar-refractivity contribution in [2.45, 2.75) is 51.3 Å². The molecule has 1 aliphatic carbocycles. The zero-order valence-electron chi connectivity index (χ0n) is 12.0. The molecule has 0 bridgehead atoms. The molecule has 1 aliphatic rings. The lowest BCUT2D eigenvalue weighted by Crippen LogP contribution is -2.46. The van der Waals surface area contributed by atoms with Gasteiger partial charge in [-0.3, -0.25) is 0 Å². The summed E-state index contributed by atoms with van der Waals surface area (Å²) in [5.41, 5.74) is 0.976. The number of benzene rings is 1. The summed E-state index contributed by atoms with van der Waals surface area (Å²) < 4.78 is 5.40. The smallest absolute Gasteiger partial charge is 0.410 e. The third kappa shape index (κ3) is 3.73. The summed E-state index contributed by atoms with van der Waals surface area (Å²) in [4.78, 5) is 14.0. The highest BCUT2D eigenvalue weighted by molar-refractivity contribution is 5.68. The van der Waals surface area contributed by atoms with Gasteiger partial charge in [0.1, 0.15) is 6.61 Å². The van der Waals surface area contributed by atoms with Crippen molar-refractivity contribution in [1.29, 1.82) is 0 Å². The van der Waals surface area contributed by atoms with Gasteiger partial charge in [0.2, 0.25) is 0 Å². The first-order chi connectivity index (χ1) is 9.72. The molecule has 0 heterocycles. The molecule has 0 unspecified atom stereocenters. The van der Waals surface area contributed by atoms with Gasteiger partial charge in [0.15, 0.2) is 0 Å². The molecule has 0 aromatic heterocycles. The maximum Gasteiger partial charge on any atom is 0.410 e. The average Bonchev–Trinajstić information content (AvgIpc) is 3.00. The van der Waals surface area contributed by atoms with Gasteiger partial charge in [-0.1, -0.05) is 43.2 Å². The van der Waals surface area contributed by atoms with Crippen molar-refractivity contribution in [1.82, 2.24) is 4.90 Å². The van der Waals surface area contributed by atoms with E-state index in [1.54, 1.807) is 4.90 Å². The zero-order chi connectivity index (χ0) is 14.4. The minimum absolute atomic E-state index is 0.0308. The Kier molecular flexibility index (Phi) is 5.41. The molecule has 1 aromatic rings. The van der Waals surface area contributed by atoms with Crippen LogP contribution in [0.25, 0.3) is 0 Å². The highest BCUT2D eigenvalue weighted by Crippen LogP contribution is 2.26. The second kappa shape index (κ2) is 7.29. The quantitative estimate of drug-likeness (QED) is 0.900. The first kappa shape index (κ1) is 14.9. The highest BCUT2D eigenvalue weighted by atomic mass is 16.6. The summed E-state index contributed by atoms with van der Waals surface area (Å²) in [6.45, 7) is 2.11. The minimum atomic E-state index is -0.317. The van der Waals surface area contributed by atoms with Gasteiger partial charge in [-0.05, 0) is 25.3 Å². The van der Waals surface area contributed by atoms with Crippen molar-refractivity contribution < 1.29 is 14.6 Å². The Morgan fingerprint density at radius 1 is 1.35 bits per heavy atom. The predicted molar refractivity (Wildman–Crippen MR) is 77.3 cm³/mol. The van der Waals surface area contributed by atoms with E-state index in [-0.39, 0.29) is 31.4 Å². The molecule has 0 radical (unpaired) electrons. The van der Waals surface area contributed by atoms with E-state index in [9.17, 15) is 9.90 Å². The molecule has 4 heteroatoms. The average molecular weight is 277 g/mol. The van der Waals surface area contributed by atoms with Crippen molar-refractivity contribution in [3.8, 4) is 0 Å². The molecule has 1 amide bonds. The lowest BCUT2D eigenvalue weighted by atomic mass is 10.1. The van der Waals surface area contributed by atoms with E-state index in [2.05, 4.69) is 0 Å². The molecule has 1 aromatic carbocycles. The van der Waals surface area contributed by atoms with Crippen LogP contribution in [0, 0.1) is 0 Å². The Bertz CT molecular complexity index is 415. The summed E-state index contributed by atoms with van der Waals surface area (Å²) >= 11 is 0. The van der Waals surface area contributed by atoms with Gasteiger partial charge in [0.25, 0.3) is 0 Å². The van der Waals surface area contributed by atoms with Crippen LogP contribution in [-0.2, 0) is 11.3 Å². The van der Waals surface area contributed by atoms with Gasteiger partial charge in [-0.2, -0.15) is 0 Å². The summed E-state index contributed by atoms with van der Waals surface area (Å²) in [5.74, 6) is 0. The van der Waals surface area contributed by atoms with Crippen molar-refractivity contribution in [3.63, 3.8) is 0 Å². The van der Waals surface area contributed by atoms with E-state index in [4.69, 9.17) is 4.74 Å². The molecule has 0 aliphatic heterocycles. The van der Waals surface area contributed by atoms with Crippen LogP contribution >= 0.6 is 0 Å². The van der Waals surface area contributed by atoms with Gasteiger partial charge in [0, 0.05) is 6.04 Å². The maximum absolute atomic E-state index is 12.3. The zero-order valence-corrected chi connectivity index (χ0v) is 12.0. The summed E-state index contributed by atoms with van der Waals surface area (Å²) in [6.07, 6.45) is 3.98. The van der Waals surface area contributed by atoms with Crippen LogP contribution in [0.4, 0.5) is 4.79 Å². The number of aliphatic hydroxyl groups excluding tert-OH is 1. The van der Waals surface area contributed by atoms with Crippen LogP contribution in [0.1, 0.15) is 38.2 Å². The Morgan fingerprint density at radius 2 is 2.00 bits per heavy atom. The SMILES string of the molecule is C[C@@H](CO)N(C(=O)OCc1ccccc1)C1CCCC1. The molecule has 0 saturated heterocycles. The normalized spacial score (nSPS) is 16.9. The summed E-state index contributed by atoms with van der Waals surface area (Å²) in [7, 11) is 0. The lowest BCUT2D eigenvalue weighted by Gasteiger charge is -2.32. The van der Waals surface area contributed by atoms with Gasteiger partial charge in [-0.25, -0.2) is 4.79 Å². The standard InChI is InChI=1S/C16H23NO3/c1-13(11-18)17(15-9-5-6-10-15)16(19)20-12-14-7-3-2-4-8-14/h2-4,7-8,13,15,18H,5-6,9-12H2,1H3/t13-/m0/s1. The number of hydrogen-bond donors (Lipinski definition) is 1. The number of ether oxygens (including phenoxy) is 1. The summed E-state index contributed by atoms with van der Waals surface area (Å²) in [5, 5.41) is 9.35. The Balaban J connectivity index is 1.95. The van der Waals surface area contributed by atoms with E-state index in [1.165, 1.54) is 0 Å². The molecule has 2 rings (SSSR count). The first-order valence-corrected chi connectivity index (χ1v) is 7.32. The number of nitrogens with zero attached hydrogens (tertiary/aromatic N) is 1. The Labute approximate surface area is 120 Å². The first-order valence-electron chi connectivity index (χ1n) is 7.32. The topological polar surface area (TPSA) is 49.8 Å². The van der Waals surface area contributed by atoms with E-state index in [0.717, 1.165) is 31.2 Å². The van der Waals surface area contributed by atoms with Crippen molar-refractivity contribution in [2.24, 2.45) is 0 Å². The monoisotopic (exact) mass is 277 g/mol. The third-order valence-electron chi connectivity index (χ3n) is 3.87. The molecule has 0 spiro atoms.